The fourth-order valence-corrected chi connectivity index (χ4v) is 3.73. The van der Waals surface area contributed by atoms with Crippen LogP contribution in [0.3, 0.4) is 0 Å². The van der Waals surface area contributed by atoms with Crippen molar-refractivity contribution in [3.63, 3.8) is 0 Å². The van der Waals surface area contributed by atoms with E-state index in [0.29, 0.717) is 22.5 Å². The molecule has 0 bridgehead atoms. The maximum atomic E-state index is 12.3. The average Bonchev–Trinajstić information content (AvgIpc) is 3.48. The molecule has 4 aromatic rings. The molecule has 1 aromatic carbocycles. The third-order valence-electron chi connectivity index (χ3n) is 4.22. The number of benzene rings is 1. The van der Waals surface area contributed by atoms with Gasteiger partial charge in [-0.25, -0.2) is 5.43 Å². The molecule has 3 aromatic heterocycles. The third kappa shape index (κ3) is 5.09. The summed E-state index contributed by atoms with van der Waals surface area (Å²) in [6, 6.07) is 15.1. The van der Waals surface area contributed by atoms with Gasteiger partial charge in [0.1, 0.15) is 11.5 Å². The molecule has 0 aliphatic carbocycles. The van der Waals surface area contributed by atoms with Gasteiger partial charge in [0.15, 0.2) is 11.0 Å². The summed E-state index contributed by atoms with van der Waals surface area (Å²) in [6.45, 7) is 1.76. The Hall–Kier alpha value is -3.24. The molecule has 0 fully saturated rings. The Kier molecular flexibility index (Phi) is 6.58. The normalized spacial score (nSPS) is 11.5. The molecule has 156 valence electrons. The monoisotopic (exact) mass is 496 g/mol. The summed E-state index contributed by atoms with van der Waals surface area (Å²) in [5, 5.41) is 13.3. The van der Waals surface area contributed by atoms with E-state index in [0.717, 1.165) is 15.7 Å². The smallest absolute Gasteiger partial charge is 0.250 e. The highest BCUT2D eigenvalue weighted by Crippen LogP contribution is 2.28. The van der Waals surface area contributed by atoms with Crippen LogP contribution in [0.2, 0.25) is 0 Å². The molecule has 0 spiro atoms. The number of hydrogen-bond donors (Lipinski definition) is 1. The van der Waals surface area contributed by atoms with Gasteiger partial charge in [-0.2, -0.15) is 5.10 Å². The number of aromatic nitrogens is 4. The second kappa shape index (κ2) is 9.71. The molecule has 8 nitrogen and oxygen atoms in total. The molecular formula is C21H17BrN6O2S. The van der Waals surface area contributed by atoms with Crippen molar-refractivity contribution in [1.82, 2.24) is 25.2 Å². The predicted molar refractivity (Wildman–Crippen MR) is 122 cm³/mol. The van der Waals surface area contributed by atoms with Gasteiger partial charge < -0.3 is 4.42 Å². The minimum Gasteiger partial charge on any atom is -0.463 e. The Balaban J connectivity index is 1.54. The van der Waals surface area contributed by atoms with Gasteiger partial charge in [0.05, 0.1) is 12.0 Å². The summed E-state index contributed by atoms with van der Waals surface area (Å²) in [6.07, 6.45) is 4.96. The van der Waals surface area contributed by atoms with Crippen molar-refractivity contribution < 1.29 is 9.21 Å². The number of amides is 1. The van der Waals surface area contributed by atoms with Gasteiger partial charge in [-0.05, 0) is 55.5 Å². The van der Waals surface area contributed by atoms with Crippen LogP contribution >= 0.6 is 27.7 Å². The fourth-order valence-electron chi connectivity index (χ4n) is 2.72. The Morgan fingerprint density at radius 1 is 1.16 bits per heavy atom. The van der Waals surface area contributed by atoms with E-state index in [2.05, 4.69) is 41.6 Å². The van der Waals surface area contributed by atoms with Crippen LogP contribution in [0.15, 0.2) is 86.3 Å². The van der Waals surface area contributed by atoms with Crippen molar-refractivity contribution in [2.24, 2.45) is 5.10 Å². The van der Waals surface area contributed by atoms with Crippen molar-refractivity contribution in [3.05, 3.63) is 77.4 Å². The Labute approximate surface area is 190 Å². The van der Waals surface area contributed by atoms with Gasteiger partial charge in [0.2, 0.25) is 0 Å². The van der Waals surface area contributed by atoms with Gasteiger partial charge in [-0.3, -0.25) is 14.3 Å². The number of carbonyl (C=O) groups is 1. The molecule has 3 heterocycles. The van der Waals surface area contributed by atoms with Crippen LogP contribution in [0.4, 0.5) is 0 Å². The van der Waals surface area contributed by atoms with E-state index >= 15 is 0 Å². The SMILES string of the molecule is CC(=NNC(=O)CSc1nnc(-c2ccncc2)n1-c1ccc(Br)cc1)c1ccco1. The molecule has 31 heavy (non-hydrogen) atoms. The molecule has 4 rings (SSSR count). The zero-order valence-electron chi connectivity index (χ0n) is 16.4. The van der Waals surface area contributed by atoms with Crippen molar-refractivity contribution >= 4 is 39.3 Å². The minimum atomic E-state index is -0.258. The van der Waals surface area contributed by atoms with Crippen LogP contribution in [0.25, 0.3) is 17.1 Å². The molecule has 1 N–H and O–H groups in total. The number of pyridine rings is 1. The van der Waals surface area contributed by atoms with Crippen LogP contribution < -0.4 is 5.43 Å². The average molecular weight is 497 g/mol. The largest absolute Gasteiger partial charge is 0.463 e. The van der Waals surface area contributed by atoms with Gasteiger partial charge in [0, 0.05) is 28.1 Å². The van der Waals surface area contributed by atoms with Crippen molar-refractivity contribution in [2.75, 3.05) is 5.75 Å². The predicted octanol–water partition coefficient (Wildman–Crippen LogP) is 4.32. The highest BCUT2D eigenvalue weighted by molar-refractivity contribution is 9.10. The highest BCUT2D eigenvalue weighted by atomic mass is 79.9. The third-order valence-corrected chi connectivity index (χ3v) is 5.67. The quantitative estimate of drug-likeness (QED) is 0.232. The zero-order chi connectivity index (χ0) is 21.6. The standard InChI is InChI=1S/C21H17BrN6O2S/c1-14(18-3-2-12-30-18)24-25-19(29)13-31-21-27-26-20(15-8-10-23-11-9-15)28(21)17-6-4-16(22)5-7-17/h2-12H,13H2,1H3,(H,25,29). The lowest BCUT2D eigenvalue weighted by molar-refractivity contribution is -0.118. The van der Waals surface area contributed by atoms with Gasteiger partial charge in [0.25, 0.3) is 5.91 Å². The molecule has 0 aliphatic rings. The van der Waals surface area contributed by atoms with E-state index in [-0.39, 0.29) is 11.7 Å². The van der Waals surface area contributed by atoms with E-state index < -0.39 is 0 Å². The molecule has 10 heteroatoms. The van der Waals surface area contributed by atoms with Gasteiger partial charge in [-0.15, -0.1) is 10.2 Å². The molecule has 0 unspecified atom stereocenters. The van der Waals surface area contributed by atoms with Crippen LogP contribution in [-0.4, -0.2) is 37.1 Å². The lowest BCUT2D eigenvalue weighted by Gasteiger charge is -2.10. The van der Waals surface area contributed by atoms with Gasteiger partial charge >= 0.3 is 0 Å². The maximum absolute atomic E-state index is 12.3. The number of halogens is 1. The number of hydrogen-bond acceptors (Lipinski definition) is 7. The molecule has 0 radical (unpaired) electrons. The van der Waals surface area contributed by atoms with E-state index in [1.807, 2.05) is 41.0 Å². The minimum absolute atomic E-state index is 0.125. The summed E-state index contributed by atoms with van der Waals surface area (Å²) >= 11 is 4.73. The summed E-state index contributed by atoms with van der Waals surface area (Å²) in [5.74, 6) is 1.14. The van der Waals surface area contributed by atoms with Crippen LogP contribution in [0.1, 0.15) is 12.7 Å². The molecular weight excluding hydrogens is 480 g/mol. The van der Waals surface area contributed by atoms with Crippen molar-refractivity contribution in [1.29, 1.82) is 0 Å². The number of rotatable bonds is 7. The first-order valence-corrected chi connectivity index (χ1v) is 11.0. The number of nitrogens with zero attached hydrogens (tertiary/aromatic N) is 5. The Bertz CT molecular complexity index is 1190. The van der Waals surface area contributed by atoms with Crippen molar-refractivity contribution in [3.8, 4) is 17.1 Å². The topological polar surface area (TPSA) is 98.2 Å². The van der Waals surface area contributed by atoms with E-state index in [4.69, 9.17) is 4.42 Å². The number of carbonyl (C=O) groups excluding carboxylic acids is 1. The second-order valence-corrected chi connectivity index (χ2v) is 8.21. The number of nitrogens with one attached hydrogen (secondary N) is 1. The van der Waals surface area contributed by atoms with Crippen molar-refractivity contribution in [2.45, 2.75) is 12.1 Å². The molecule has 0 atom stereocenters. The summed E-state index contributed by atoms with van der Waals surface area (Å²) in [4.78, 5) is 16.4. The van der Waals surface area contributed by atoms with Crippen LogP contribution in [-0.2, 0) is 4.79 Å². The number of furan rings is 1. The van der Waals surface area contributed by atoms with E-state index in [1.165, 1.54) is 11.8 Å². The highest BCUT2D eigenvalue weighted by Gasteiger charge is 2.17. The maximum Gasteiger partial charge on any atom is 0.250 e. The summed E-state index contributed by atoms with van der Waals surface area (Å²) in [5.41, 5.74) is 4.89. The number of hydrazone groups is 1. The van der Waals surface area contributed by atoms with Crippen LogP contribution in [0.5, 0.6) is 0 Å². The first-order chi connectivity index (χ1) is 15.1. The lowest BCUT2D eigenvalue weighted by Crippen LogP contribution is -2.21. The van der Waals surface area contributed by atoms with Crippen LogP contribution in [0, 0.1) is 0 Å². The zero-order valence-corrected chi connectivity index (χ0v) is 18.8. The Morgan fingerprint density at radius 2 is 1.94 bits per heavy atom. The summed E-state index contributed by atoms with van der Waals surface area (Å²) in [7, 11) is 0. The Morgan fingerprint density at radius 3 is 2.65 bits per heavy atom. The first-order valence-electron chi connectivity index (χ1n) is 9.23. The molecule has 1 amide bonds. The van der Waals surface area contributed by atoms with E-state index in [1.54, 1.807) is 37.7 Å². The number of thioether (sulfide) groups is 1. The molecule has 0 aliphatic heterocycles. The van der Waals surface area contributed by atoms with E-state index in [9.17, 15) is 4.79 Å². The molecule has 0 saturated carbocycles. The fraction of sp³-hybridized carbons (Fsp3) is 0.0952. The van der Waals surface area contributed by atoms with Gasteiger partial charge in [-0.1, -0.05) is 27.7 Å². The molecule has 0 saturated heterocycles. The lowest BCUT2D eigenvalue weighted by atomic mass is 10.2. The second-order valence-electron chi connectivity index (χ2n) is 6.35. The first kappa shape index (κ1) is 21.0. The summed E-state index contributed by atoms with van der Waals surface area (Å²) < 4.78 is 8.14.